The van der Waals surface area contributed by atoms with Crippen molar-refractivity contribution in [1.29, 1.82) is 0 Å². The number of hydrogen-bond donors (Lipinski definition) is 1. The van der Waals surface area contributed by atoms with Gasteiger partial charge in [0.25, 0.3) is 0 Å². The summed E-state index contributed by atoms with van der Waals surface area (Å²) >= 11 is 13.0. The predicted octanol–water partition coefficient (Wildman–Crippen LogP) is 6.66. The lowest BCUT2D eigenvalue weighted by Crippen LogP contribution is -2.24. The van der Waals surface area contributed by atoms with Crippen LogP contribution < -0.4 is 9.47 Å². The van der Waals surface area contributed by atoms with Crippen molar-refractivity contribution < 1.29 is 19.4 Å². The van der Waals surface area contributed by atoms with E-state index < -0.39 is 11.4 Å². The van der Waals surface area contributed by atoms with Crippen molar-refractivity contribution in [3.05, 3.63) is 64.4 Å². The summed E-state index contributed by atoms with van der Waals surface area (Å²) in [5.41, 5.74) is 2.08. The van der Waals surface area contributed by atoms with Crippen LogP contribution in [0, 0.1) is 5.41 Å². The molecule has 10 heteroatoms. The number of imidazole rings is 1. The van der Waals surface area contributed by atoms with Crippen molar-refractivity contribution in [1.82, 2.24) is 19.5 Å². The zero-order valence-electron chi connectivity index (χ0n) is 21.4. The molecular weight excluding hydrogens is 527 g/mol. The lowest BCUT2D eigenvalue weighted by atomic mass is 9.91. The highest BCUT2D eigenvalue weighted by molar-refractivity contribution is 6.33. The monoisotopic (exact) mass is 554 g/mol. The van der Waals surface area contributed by atoms with E-state index in [0.717, 1.165) is 18.4 Å². The van der Waals surface area contributed by atoms with E-state index in [1.165, 1.54) is 6.33 Å². The third-order valence-electron chi connectivity index (χ3n) is 6.47. The van der Waals surface area contributed by atoms with E-state index in [1.54, 1.807) is 12.1 Å². The molecule has 2 heterocycles. The summed E-state index contributed by atoms with van der Waals surface area (Å²) < 4.78 is 14.1. The van der Waals surface area contributed by atoms with Crippen LogP contribution in [0.2, 0.25) is 10.0 Å². The molecule has 2 aromatic heterocycles. The van der Waals surface area contributed by atoms with Gasteiger partial charge in [-0.05, 0) is 55.7 Å². The number of ether oxygens (including phenoxy) is 2. The normalized spacial score (nSPS) is 14.4. The van der Waals surface area contributed by atoms with Gasteiger partial charge < -0.3 is 19.1 Å². The number of aromatic nitrogens is 4. The molecule has 1 aliphatic carbocycles. The van der Waals surface area contributed by atoms with Gasteiger partial charge in [-0.3, -0.25) is 4.79 Å². The molecule has 38 heavy (non-hydrogen) atoms. The number of carboxylic acids is 1. The van der Waals surface area contributed by atoms with Crippen LogP contribution in [0.25, 0.3) is 22.6 Å². The lowest BCUT2D eigenvalue weighted by molar-refractivity contribution is -0.139. The third-order valence-corrected chi connectivity index (χ3v) is 7.01. The Balaban J connectivity index is 1.53. The first kappa shape index (κ1) is 26.3. The van der Waals surface area contributed by atoms with Gasteiger partial charge in [0.2, 0.25) is 5.88 Å². The van der Waals surface area contributed by atoms with E-state index in [4.69, 9.17) is 42.8 Å². The Morgan fingerprint density at radius 3 is 2.63 bits per heavy atom. The van der Waals surface area contributed by atoms with Crippen LogP contribution in [-0.4, -0.2) is 42.8 Å². The number of fused-ring (bicyclic) bond motifs is 1. The first-order chi connectivity index (χ1) is 18.0. The van der Waals surface area contributed by atoms with Crippen molar-refractivity contribution in [3.63, 3.8) is 0 Å². The van der Waals surface area contributed by atoms with Gasteiger partial charge in [-0.2, -0.15) is 4.98 Å². The minimum atomic E-state index is -0.868. The number of carbonyl (C=O) groups is 1. The topological polar surface area (TPSA) is 99.4 Å². The van der Waals surface area contributed by atoms with Gasteiger partial charge in [-0.15, -0.1) is 0 Å². The zero-order valence-corrected chi connectivity index (χ0v) is 22.9. The van der Waals surface area contributed by atoms with Crippen molar-refractivity contribution in [3.8, 4) is 23.0 Å². The summed E-state index contributed by atoms with van der Waals surface area (Å²) in [7, 11) is 0. The summed E-state index contributed by atoms with van der Waals surface area (Å²) in [5, 5.41) is 10.2. The van der Waals surface area contributed by atoms with Crippen molar-refractivity contribution >= 4 is 40.3 Å². The summed E-state index contributed by atoms with van der Waals surface area (Å²) in [6.07, 6.45) is 3.41. The van der Waals surface area contributed by atoms with Crippen LogP contribution >= 0.6 is 23.2 Å². The molecule has 2 aromatic carbocycles. The quantitative estimate of drug-likeness (QED) is 0.234. The number of rotatable bonds is 10. The lowest BCUT2D eigenvalue weighted by Gasteiger charge is -2.22. The van der Waals surface area contributed by atoms with E-state index in [2.05, 4.69) is 16.9 Å². The van der Waals surface area contributed by atoms with E-state index in [9.17, 15) is 4.79 Å². The molecule has 0 atom stereocenters. The molecule has 0 radical (unpaired) electrons. The molecule has 1 aliphatic rings. The molecule has 1 saturated carbocycles. The fourth-order valence-electron chi connectivity index (χ4n) is 4.18. The van der Waals surface area contributed by atoms with Gasteiger partial charge in [0, 0.05) is 16.0 Å². The van der Waals surface area contributed by atoms with E-state index in [0.29, 0.717) is 50.8 Å². The Morgan fingerprint density at radius 2 is 1.95 bits per heavy atom. The van der Waals surface area contributed by atoms with Crippen LogP contribution in [0.4, 0.5) is 0 Å². The molecule has 0 unspecified atom stereocenters. The van der Waals surface area contributed by atoms with Crippen molar-refractivity contribution in [2.75, 3.05) is 6.61 Å². The number of hydrogen-bond acceptors (Lipinski definition) is 6. The molecule has 0 spiro atoms. The Kier molecular flexibility index (Phi) is 6.96. The maximum absolute atomic E-state index is 11.1. The van der Waals surface area contributed by atoms with E-state index >= 15 is 0 Å². The second-order valence-electron chi connectivity index (χ2n) is 10.7. The summed E-state index contributed by atoms with van der Waals surface area (Å²) in [6, 6.07) is 13.0. The minimum Gasteiger partial charge on any atom is -0.493 e. The predicted molar refractivity (Wildman–Crippen MR) is 146 cm³/mol. The Morgan fingerprint density at radius 1 is 1.16 bits per heavy atom. The molecule has 4 aromatic rings. The molecule has 0 aliphatic heterocycles. The molecule has 5 rings (SSSR count). The van der Waals surface area contributed by atoms with E-state index in [-0.39, 0.29) is 18.6 Å². The number of carboxylic acid groups (broad SMARTS) is 1. The molecule has 0 amide bonds. The number of halogens is 2. The van der Waals surface area contributed by atoms with Crippen LogP contribution in [0.3, 0.4) is 0 Å². The average Bonchev–Trinajstić information content (AvgIpc) is 3.45. The highest BCUT2D eigenvalue weighted by atomic mass is 35.5. The van der Waals surface area contributed by atoms with Gasteiger partial charge in [0.1, 0.15) is 23.5 Å². The molecule has 0 saturated heterocycles. The fourth-order valence-corrected chi connectivity index (χ4v) is 4.65. The van der Waals surface area contributed by atoms with Gasteiger partial charge >= 0.3 is 5.97 Å². The molecule has 1 N–H and O–H groups in total. The van der Waals surface area contributed by atoms with Gasteiger partial charge in [0.15, 0.2) is 11.2 Å². The summed E-state index contributed by atoms with van der Waals surface area (Å²) in [6.45, 7) is 6.43. The summed E-state index contributed by atoms with van der Waals surface area (Å²) in [5.74, 6) is 0.722. The van der Waals surface area contributed by atoms with Crippen molar-refractivity contribution in [2.45, 2.75) is 52.2 Å². The smallest absolute Gasteiger partial charge is 0.304 e. The van der Waals surface area contributed by atoms with Gasteiger partial charge in [0.05, 0.1) is 24.6 Å². The van der Waals surface area contributed by atoms with Gasteiger partial charge in [-0.25, -0.2) is 9.97 Å². The maximum atomic E-state index is 11.1. The molecule has 8 nitrogen and oxygen atoms in total. The van der Waals surface area contributed by atoms with Crippen LogP contribution in [0.1, 0.15) is 45.6 Å². The van der Waals surface area contributed by atoms with Crippen LogP contribution in [0.5, 0.6) is 11.6 Å². The fraction of sp³-hybridized carbons (Fsp3) is 0.357. The highest BCUT2D eigenvalue weighted by Gasteiger charge is 2.41. The molecule has 198 valence electrons. The van der Waals surface area contributed by atoms with Crippen LogP contribution in [0.15, 0.2) is 48.8 Å². The third kappa shape index (κ3) is 5.87. The standard InChI is InChI=1S/C28H28Cl2N4O4/c1-27(2,13-22(35)36)15-37-19-7-8-20(21(30)12-19)24-33-23-25(31-16-32-26(23)38-28(3)9-10-28)34(24)14-17-5-4-6-18(29)11-17/h4-8,11-12,16H,9-10,13-15H2,1-3H3,(H,35,36). The van der Waals surface area contributed by atoms with Gasteiger partial charge in [-0.1, -0.05) is 49.2 Å². The first-order valence-electron chi connectivity index (χ1n) is 12.3. The Labute approximate surface area is 230 Å². The van der Waals surface area contributed by atoms with Crippen molar-refractivity contribution in [2.24, 2.45) is 5.41 Å². The largest absolute Gasteiger partial charge is 0.493 e. The van der Waals surface area contributed by atoms with E-state index in [1.807, 2.05) is 48.7 Å². The van der Waals surface area contributed by atoms with Crippen LogP contribution in [-0.2, 0) is 11.3 Å². The number of benzene rings is 2. The molecule has 1 fully saturated rings. The average molecular weight is 555 g/mol. The summed E-state index contributed by atoms with van der Waals surface area (Å²) in [4.78, 5) is 25.0. The zero-order chi connectivity index (χ0) is 27.1. The highest BCUT2D eigenvalue weighted by Crippen LogP contribution is 2.41. The minimum absolute atomic E-state index is 0.00315. The SMILES string of the molecule is CC(C)(COc1ccc(-c2nc3c(OC4(C)CC4)ncnc3n2Cc2cccc(Cl)c2)c(Cl)c1)CC(=O)O. The first-order valence-corrected chi connectivity index (χ1v) is 13.1. The second kappa shape index (κ2) is 10.1. The second-order valence-corrected chi connectivity index (χ2v) is 11.6. The maximum Gasteiger partial charge on any atom is 0.304 e. The molecular formula is C28H28Cl2N4O4. The number of nitrogens with zero attached hydrogens (tertiary/aromatic N) is 4. The Bertz CT molecular complexity index is 1510. The Hall–Kier alpha value is -3.36. The number of aliphatic carboxylic acids is 1. The molecule has 0 bridgehead atoms.